The summed E-state index contributed by atoms with van der Waals surface area (Å²) in [5.74, 6) is 0.221. The van der Waals surface area contributed by atoms with Gasteiger partial charge in [0.25, 0.3) is 5.91 Å². The van der Waals surface area contributed by atoms with Crippen LogP contribution in [0, 0.1) is 5.92 Å². The number of hydrogen-bond acceptors (Lipinski definition) is 4. The molecule has 6 heteroatoms. The highest BCUT2D eigenvalue weighted by molar-refractivity contribution is 9.11. The van der Waals surface area contributed by atoms with Crippen molar-refractivity contribution in [3.8, 4) is 0 Å². The van der Waals surface area contributed by atoms with Crippen molar-refractivity contribution in [1.82, 2.24) is 10.3 Å². The number of hydrogen-bond donors (Lipinski definition) is 2. The first-order valence-electron chi connectivity index (χ1n) is 4.71. The Morgan fingerprint density at radius 2 is 2.47 bits per heavy atom. The van der Waals surface area contributed by atoms with Crippen LogP contribution in [0.5, 0.6) is 0 Å². The Kier molecular flexibility index (Phi) is 3.38. The smallest absolute Gasteiger partial charge is 0.272 e. The number of carbonyl (C=O) groups excluding carboxylic acids is 1. The van der Waals surface area contributed by atoms with Gasteiger partial charge in [-0.05, 0) is 34.7 Å². The predicted octanol–water partition coefficient (Wildman–Crippen LogP) is 1.41. The van der Waals surface area contributed by atoms with Crippen molar-refractivity contribution in [3.05, 3.63) is 15.0 Å². The van der Waals surface area contributed by atoms with Gasteiger partial charge in [0.15, 0.2) is 5.69 Å². The van der Waals surface area contributed by atoms with Gasteiger partial charge >= 0.3 is 0 Å². The van der Waals surface area contributed by atoms with E-state index < -0.39 is 0 Å². The number of amides is 1. The molecule has 1 saturated carbocycles. The summed E-state index contributed by atoms with van der Waals surface area (Å²) in [6.07, 6.45) is 1.73. The lowest BCUT2D eigenvalue weighted by molar-refractivity contribution is 0.0827. The van der Waals surface area contributed by atoms with Crippen LogP contribution in [0.15, 0.2) is 9.30 Å². The second-order valence-electron chi connectivity index (χ2n) is 3.67. The lowest BCUT2D eigenvalue weighted by Crippen LogP contribution is -2.45. The van der Waals surface area contributed by atoms with Crippen LogP contribution >= 0.6 is 27.3 Å². The quantitative estimate of drug-likeness (QED) is 0.885. The maximum absolute atomic E-state index is 11.7. The summed E-state index contributed by atoms with van der Waals surface area (Å²) in [7, 11) is 0. The van der Waals surface area contributed by atoms with Crippen LogP contribution in [0.4, 0.5) is 0 Å². The van der Waals surface area contributed by atoms with Gasteiger partial charge in [-0.2, -0.15) is 0 Å². The fourth-order valence-electron chi connectivity index (χ4n) is 1.64. The fourth-order valence-corrected chi connectivity index (χ4v) is 2.68. The first kappa shape index (κ1) is 11.0. The van der Waals surface area contributed by atoms with Gasteiger partial charge < -0.3 is 10.4 Å². The zero-order chi connectivity index (χ0) is 10.8. The maximum atomic E-state index is 11.7. The molecule has 1 heterocycles. The molecule has 0 radical (unpaired) electrons. The van der Waals surface area contributed by atoms with Gasteiger partial charge in [0.1, 0.15) is 3.79 Å². The molecule has 2 rings (SSSR count). The summed E-state index contributed by atoms with van der Waals surface area (Å²) >= 11 is 4.67. The molecule has 0 unspecified atom stereocenters. The summed E-state index contributed by atoms with van der Waals surface area (Å²) < 4.78 is 0.762. The summed E-state index contributed by atoms with van der Waals surface area (Å²) in [5.41, 5.74) is 2.09. The molecular formula is C9H11BrN2O2S. The van der Waals surface area contributed by atoms with Crippen molar-refractivity contribution in [2.45, 2.75) is 18.9 Å². The summed E-state index contributed by atoms with van der Waals surface area (Å²) in [5, 5.41) is 11.7. The highest BCUT2D eigenvalue weighted by atomic mass is 79.9. The molecule has 1 aliphatic rings. The largest absolute Gasteiger partial charge is 0.396 e. The van der Waals surface area contributed by atoms with Gasteiger partial charge in [-0.25, -0.2) is 4.98 Å². The van der Waals surface area contributed by atoms with Crippen molar-refractivity contribution in [1.29, 1.82) is 0 Å². The molecule has 2 N–H and O–H groups in total. The number of nitrogens with one attached hydrogen (secondary N) is 1. The van der Waals surface area contributed by atoms with Crippen molar-refractivity contribution < 1.29 is 9.90 Å². The van der Waals surface area contributed by atoms with Crippen LogP contribution in [-0.2, 0) is 0 Å². The Hall–Kier alpha value is -0.460. The third-order valence-electron chi connectivity index (χ3n) is 2.57. The number of rotatable bonds is 3. The Morgan fingerprint density at radius 3 is 3.00 bits per heavy atom. The molecule has 1 fully saturated rings. The van der Waals surface area contributed by atoms with Crippen LogP contribution < -0.4 is 5.32 Å². The average molecular weight is 291 g/mol. The fraction of sp³-hybridized carbons (Fsp3) is 0.556. The molecule has 0 spiro atoms. The first-order chi connectivity index (χ1) is 7.20. The van der Waals surface area contributed by atoms with E-state index in [0.717, 1.165) is 16.6 Å². The Labute approximate surface area is 99.8 Å². The SMILES string of the molecule is O=C(NC1CC(CO)C1)c1ncsc1Br. The van der Waals surface area contributed by atoms with Crippen LogP contribution in [0.1, 0.15) is 23.3 Å². The average Bonchev–Trinajstić information content (AvgIpc) is 2.56. The van der Waals surface area contributed by atoms with Gasteiger partial charge in [-0.1, -0.05) is 0 Å². The van der Waals surface area contributed by atoms with E-state index in [4.69, 9.17) is 5.11 Å². The van der Waals surface area contributed by atoms with E-state index >= 15 is 0 Å². The highest BCUT2D eigenvalue weighted by Crippen LogP contribution is 2.27. The van der Waals surface area contributed by atoms with Crippen molar-refractivity contribution in [2.24, 2.45) is 5.92 Å². The number of thiazole rings is 1. The van der Waals surface area contributed by atoms with Crippen LogP contribution in [0.3, 0.4) is 0 Å². The van der Waals surface area contributed by atoms with Gasteiger partial charge in [0.2, 0.25) is 0 Å². The highest BCUT2D eigenvalue weighted by Gasteiger charge is 2.30. The topological polar surface area (TPSA) is 62.2 Å². The van der Waals surface area contributed by atoms with Crippen LogP contribution in [0.25, 0.3) is 0 Å². The zero-order valence-corrected chi connectivity index (χ0v) is 10.3. The molecule has 0 atom stereocenters. The lowest BCUT2D eigenvalue weighted by Gasteiger charge is -2.34. The number of nitrogens with zero attached hydrogens (tertiary/aromatic N) is 1. The molecule has 1 aromatic rings. The lowest BCUT2D eigenvalue weighted by atomic mass is 9.81. The molecular weight excluding hydrogens is 280 g/mol. The maximum Gasteiger partial charge on any atom is 0.272 e. The molecule has 1 aliphatic carbocycles. The van der Waals surface area contributed by atoms with Gasteiger partial charge in [0, 0.05) is 12.6 Å². The normalized spacial score (nSPS) is 24.7. The minimum Gasteiger partial charge on any atom is -0.396 e. The number of aliphatic hydroxyl groups is 1. The molecule has 4 nitrogen and oxygen atoms in total. The van der Waals surface area contributed by atoms with Gasteiger partial charge in [0.05, 0.1) is 5.51 Å². The number of aliphatic hydroxyl groups excluding tert-OH is 1. The van der Waals surface area contributed by atoms with E-state index in [0.29, 0.717) is 11.6 Å². The summed E-state index contributed by atoms with van der Waals surface area (Å²) in [4.78, 5) is 15.6. The van der Waals surface area contributed by atoms with E-state index in [1.807, 2.05) is 0 Å². The summed E-state index contributed by atoms with van der Waals surface area (Å²) in [6.45, 7) is 0.215. The molecule has 1 amide bonds. The molecule has 0 aliphatic heterocycles. The molecule has 0 saturated heterocycles. The van der Waals surface area contributed by atoms with E-state index in [1.165, 1.54) is 11.3 Å². The molecule has 0 aromatic carbocycles. The Bertz CT molecular complexity index is 363. The van der Waals surface area contributed by atoms with E-state index in [-0.39, 0.29) is 18.6 Å². The van der Waals surface area contributed by atoms with Crippen molar-refractivity contribution >= 4 is 33.2 Å². The zero-order valence-electron chi connectivity index (χ0n) is 7.94. The minimum atomic E-state index is -0.135. The standard InChI is InChI=1S/C9H11BrN2O2S/c10-8-7(11-4-15-8)9(14)12-6-1-5(2-6)3-13/h4-6,13H,1-3H2,(H,12,14). The van der Waals surface area contributed by atoms with Gasteiger partial charge in [-0.3, -0.25) is 4.79 Å². The predicted molar refractivity (Wildman–Crippen MR) is 60.9 cm³/mol. The third kappa shape index (κ3) is 2.38. The molecule has 0 bridgehead atoms. The van der Waals surface area contributed by atoms with Crippen LogP contribution in [-0.4, -0.2) is 28.6 Å². The second-order valence-corrected chi connectivity index (χ2v) is 5.84. The third-order valence-corrected chi connectivity index (χ3v) is 4.12. The number of halogens is 1. The molecule has 82 valence electrons. The van der Waals surface area contributed by atoms with Crippen LogP contribution in [0.2, 0.25) is 0 Å². The van der Waals surface area contributed by atoms with Gasteiger partial charge in [-0.15, -0.1) is 11.3 Å². The number of aromatic nitrogens is 1. The first-order valence-corrected chi connectivity index (χ1v) is 6.38. The van der Waals surface area contributed by atoms with Crippen molar-refractivity contribution in [2.75, 3.05) is 6.61 Å². The van der Waals surface area contributed by atoms with E-state index in [2.05, 4.69) is 26.2 Å². The van der Waals surface area contributed by atoms with E-state index in [9.17, 15) is 4.79 Å². The number of carbonyl (C=O) groups is 1. The van der Waals surface area contributed by atoms with E-state index in [1.54, 1.807) is 5.51 Å². The molecule has 15 heavy (non-hydrogen) atoms. The Morgan fingerprint density at radius 1 is 1.73 bits per heavy atom. The second kappa shape index (κ2) is 4.59. The molecule has 1 aromatic heterocycles. The monoisotopic (exact) mass is 290 g/mol. The van der Waals surface area contributed by atoms with Crippen molar-refractivity contribution in [3.63, 3.8) is 0 Å². The summed E-state index contributed by atoms with van der Waals surface area (Å²) in [6, 6.07) is 0.197. The minimum absolute atomic E-state index is 0.135. The Balaban J connectivity index is 1.87.